The number of carbonyl (C=O) groups is 1. The van der Waals surface area contributed by atoms with Crippen molar-refractivity contribution < 1.29 is 32.9 Å². The first kappa shape index (κ1) is 18.5. The van der Waals surface area contributed by atoms with Crippen LogP contribution in [0, 0.1) is 0 Å². The summed E-state index contributed by atoms with van der Waals surface area (Å²) in [6, 6.07) is 0. The van der Waals surface area contributed by atoms with Gasteiger partial charge < -0.3 is 19.0 Å². The van der Waals surface area contributed by atoms with E-state index in [0.29, 0.717) is 24.1 Å². The first-order valence-corrected chi connectivity index (χ1v) is 7.79. The summed E-state index contributed by atoms with van der Waals surface area (Å²) in [5, 5.41) is 0. The quantitative estimate of drug-likeness (QED) is 0.455. The second kappa shape index (κ2) is 8.66. The Hall–Kier alpha value is -0.460. The van der Waals surface area contributed by atoms with Gasteiger partial charge in [-0.15, -0.1) is 0 Å². The lowest BCUT2D eigenvalue weighted by molar-refractivity contribution is -0.870. The van der Waals surface area contributed by atoms with E-state index in [2.05, 4.69) is 4.52 Å². The highest BCUT2D eigenvalue weighted by molar-refractivity contribution is 7.46. The minimum atomic E-state index is -4.26. The Labute approximate surface area is 114 Å². The van der Waals surface area contributed by atoms with Gasteiger partial charge >= 0.3 is 13.8 Å². The van der Waals surface area contributed by atoms with Crippen LogP contribution >= 0.6 is 7.82 Å². The van der Waals surface area contributed by atoms with E-state index < -0.39 is 7.82 Å². The van der Waals surface area contributed by atoms with Gasteiger partial charge in [-0.25, -0.2) is 4.57 Å². The third kappa shape index (κ3) is 15.5. The van der Waals surface area contributed by atoms with Gasteiger partial charge in [0.1, 0.15) is 13.2 Å². The number of ether oxygens (including phenoxy) is 1. The fourth-order valence-electron chi connectivity index (χ4n) is 1.24. The molecule has 0 aromatic carbocycles. The van der Waals surface area contributed by atoms with Gasteiger partial charge in [0.15, 0.2) is 0 Å². The lowest BCUT2D eigenvalue weighted by atomic mass is 10.2. The fraction of sp³-hybridized carbons (Fsp3) is 0.909. The summed E-state index contributed by atoms with van der Waals surface area (Å²) in [5.74, 6) is -0.0255. The second-order valence-electron chi connectivity index (χ2n) is 5.37. The van der Waals surface area contributed by atoms with Crippen molar-refractivity contribution >= 4 is 13.8 Å². The maximum absolute atomic E-state index is 10.5. The zero-order chi connectivity index (χ0) is 14.9. The summed E-state index contributed by atoms with van der Waals surface area (Å²) in [7, 11) is 1.50. The average molecular weight is 298 g/mol. The molecule has 0 aliphatic carbocycles. The monoisotopic (exact) mass is 298 g/mol. The molecule has 1 aliphatic rings. The Bertz CT molecular complexity index is 299. The van der Waals surface area contributed by atoms with Crippen LogP contribution in [0.5, 0.6) is 0 Å². The van der Waals surface area contributed by atoms with Gasteiger partial charge in [-0.2, -0.15) is 0 Å². The fourth-order valence-corrected chi connectivity index (χ4v) is 1.56. The summed E-state index contributed by atoms with van der Waals surface area (Å²) in [6.45, 7) is 1.29. The molecule has 0 spiro atoms. The molecule has 0 amide bonds. The lowest BCUT2D eigenvalue weighted by Gasteiger charge is -2.23. The van der Waals surface area contributed by atoms with Gasteiger partial charge in [0.25, 0.3) is 0 Å². The normalized spacial score (nSPS) is 17.0. The first-order valence-electron chi connectivity index (χ1n) is 6.26. The number of cyclic esters (lactones) is 1. The maximum atomic E-state index is 10.5. The molecule has 1 heterocycles. The maximum Gasteiger partial charge on any atom is 0.469 e. The predicted molar refractivity (Wildman–Crippen MR) is 70.3 cm³/mol. The van der Waals surface area contributed by atoms with Gasteiger partial charge in [-0.3, -0.25) is 9.32 Å². The third-order valence-corrected chi connectivity index (χ3v) is 2.83. The number of phosphoric ester groups is 1. The number of carbonyl (C=O) groups excluding carboxylic acids is 1. The van der Waals surface area contributed by atoms with Crippen molar-refractivity contribution in [3.8, 4) is 0 Å². The molecular weight excluding hydrogens is 273 g/mol. The lowest BCUT2D eigenvalue weighted by Crippen LogP contribution is -2.37. The highest BCUT2D eigenvalue weighted by Gasteiger charge is 2.15. The molecule has 19 heavy (non-hydrogen) atoms. The number of hydrogen-bond donors (Lipinski definition) is 2. The summed E-state index contributed by atoms with van der Waals surface area (Å²) in [4.78, 5) is 27.1. The van der Waals surface area contributed by atoms with Crippen molar-refractivity contribution in [3.63, 3.8) is 0 Å². The van der Waals surface area contributed by atoms with E-state index in [1.807, 2.05) is 21.1 Å². The summed E-state index contributed by atoms with van der Waals surface area (Å²) >= 11 is 0. The van der Waals surface area contributed by atoms with Crippen LogP contribution in [-0.4, -0.2) is 61.1 Å². The van der Waals surface area contributed by atoms with Gasteiger partial charge in [0.2, 0.25) is 0 Å². The number of phosphoric acid groups is 1. The molecule has 0 aromatic heterocycles. The molecular formula is C11H25NO6P+. The number of hydrogen-bond acceptors (Lipinski definition) is 4. The molecule has 1 aliphatic heterocycles. The van der Waals surface area contributed by atoms with Crippen LogP contribution in [0.2, 0.25) is 0 Å². The van der Waals surface area contributed by atoms with Crippen molar-refractivity contribution in [2.75, 3.05) is 40.9 Å². The summed E-state index contributed by atoms with van der Waals surface area (Å²) in [5.41, 5.74) is 0. The zero-order valence-corrected chi connectivity index (χ0v) is 12.8. The van der Waals surface area contributed by atoms with Crippen LogP contribution < -0.4 is 0 Å². The molecule has 114 valence electrons. The SMILES string of the molecule is C[N+](C)(C)CCOP(=O)(O)O.O=C1CCCCCO1. The van der Waals surface area contributed by atoms with E-state index >= 15 is 0 Å². The van der Waals surface area contributed by atoms with Crippen LogP contribution in [-0.2, 0) is 18.6 Å². The van der Waals surface area contributed by atoms with Crippen LogP contribution in [0.3, 0.4) is 0 Å². The molecule has 7 nitrogen and oxygen atoms in total. The molecule has 8 heteroatoms. The standard InChI is InChI=1S/C6H10O2.C5H14NO4P/c7-6-4-2-1-3-5-8-6;1-6(2,3)4-5-10-11(7,8)9/h1-5H2;4-5H2,1-3H3,(H-,7,8,9)/p+1. The van der Waals surface area contributed by atoms with E-state index in [4.69, 9.17) is 14.5 Å². The Kier molecular flexibility index (Phi) is 8.45. The second-order valence-corrected chi connectivity index (χ2v) is 6.61. The minimum Gasteiger partial charge on any atom is -0.466 e. The van der Waals surface area contributed by atoms with E-state index in [1.165, 1.54) is 0 Å². The van der Waals surface area contributed by atoms with Crippen LogP contribution in [0.1, 0.15) is 25.7 Å². The van der Waals surface area contributed by atoms with Crippen molar-refractivity contribution in [2.24, 2.45) is 0 Å². The third-order valence-electron chi connectivity index (χ3n) is 2.31. The Morgan fingerprint density at radius 3 is 2.42 bits per heavy atom. The Balaban J connectivity index is 0.000000356. The molecule has 0 saturated carbocycles. The molecule has 0 atom stereocenters. The zero-order valence-electron chi connectivity index (χ0n) is 11.9. The molecule has 2 N–H and O–H groups in total. The Morgan fingerprint density at radius 1 is 1.26 bits per heavy atom. The van der Waals surface area contributed by atoms with E-state index in [0.717, 1.165) is 19.3 Å². The van der Waals surface area contributed by atoms with Gasteiger partial charge in [-0.1, -0.05) is 0 Å². The highest BCUT2D eigenvalue weighted by Crippen LogP contribution is 2.35. The van der Waals surface area contributed by atoms with Crippen LogP contribution in [0.4, 0.5) is 0 Å². The van der Waals surface area contributed by atoms with E-state index in [-0.39, 0.29) is 12.6 Å². The van der Waals surface area contributed by atoms with Gasteiger partial charge in [0.05, 0.1) is 27.7 Å². The highest BCUT2D eigenvalue weighted by atomic mass is 31.2. The molecule has 0 unspecified atom stereocenters. The average Bonchev–Trinajstić information content (AvgIpc) is 2.42. The molecule has 1 rings (SSSR count). The largest absolute Gasteiger partial charge is 0.469 e. The molecule has 0 radical (unpaired) electrons. The number of quaternary nitrogens is 1. The predicted octanol–water partition coefficient (Wildman–Crippen LogP) is 0.905. The first-order chi connectivity index (χ1) is 8.60. The summed E-state index contributed by atoms with van der Waals surface area (Å²) in [6.07, 6.45) is 3.83. The smallest absolute Gasteiger partial charge is 0.466 e. The van der Waals surface area contributed by atoms with Crippen molar-refractivity contribution in [3.05, 3.63) is 0 Å². The minimum absolute atomic E-state index is 0.0255. The van der Waals surface area contributed by atoms with Crippen molar-refractivity contribution in [2.45, 2.75) is 25.7 Å². The number of nitrogens with zero attached hydrogens (tertiary/aromatic N) is 1. The number of rotatable bonds is 4. The molecule has 1 fully saturated rings. The van der Waals surface area contributed by atoms with E-state index in [1.54, 1.807) is 0 Å². The van der Waals surface area contributed by atoms with E-state index in [9.17, 15) is 9.36 Å². The topological polar surface area (TPSA) is 93.1 Å². The Morgan fingerprint density at radius 2 is 1.89 bits per heavy atom. The van der Waals surface area contributed by atoms with Gasteiger partial charge in [0, 0.05) is 6.42 Å². The van der Waals surface area contributed by atoms with Gasteiger partial charge in [-0.05, 0) is 19.3 Å². The van der Waals surface area contributed by atoms with Crippen LogP contribution in [0.15, 0.2) is 0 Å². The molecule has 1 saturated heterocycles. The summed E-state index contributed by atoms with van der Waals surface area (Å²) < 4.78 is 19.8. The molecule has 0 bridgehead atoms. The van der Waals surface area contributed by atoms with Crippen molar-refractivity contribution in [1.82, 2.24) is 0 Å². The van der Waals surface area contributed by atoms with Crippen LogP contribution in [0.25, 0.3) is 0 Å². The molecule has 0 aromatic rings. The van der Waals surface area contributed by atoms with Crippen molar-refractivity contribution in [1.29, 1.82) is 0 Å². The number of likely N-dealkylation sites (N-methyl/N-ethyl adjacent to an activating group) is 1. The number of esters is 1.